The zero-order valence-electron chi connectivity index (χ0n) is 8.20. The number of carboxylic acid groups (broad SMARTS) is 1. The van der Waals surface area contributed by atoms with Gasteiger partial charge in [0.2, 0.25) is 0 Å². The van der Waals surface area contributed by atoms with Gasteiger partial charge in [-0.15, -0.1) is 0 Å². The van der Waals surface area contributed by atoms with E-state index in [4.69, 9.17) is 5.11 Å². The predicted octanol–water partition coefficient (Wildman–Crippen LogP) is 2.17. The quantitative estimate of drug-likeness (QED) is 0.820. The van der Waals surface area contributed by atoms with Crippen molar-refractivity contribution in [1.82, 2.24) is 4.57 Å². The van der Waals surface area contributed by atoms with Crippen LogP contribution in [0.1, 0.15) is 5.69 Å². The average molecular weight is 207 g/mol. The van der Waals surface area contributed by atoms with Gasteiger partial charge in [-0.25, -0.2) is 4.39 Å². The van der Waals surface area contributed by atoms with E-state index >= 15 is 0 Å². The number of carbonyl (C=O) groups is 1. The molecule has 0 aliphatic rings. The number of fused-ring (bicyclic) bond motifs is 1. The first-order chi connectivity index (χ1) is 7.09. The molecular weight excluding hydrogens is 197 g/mol. The Morgan fingerprint density at radius 3 is 2.93 bits per heavy atom. The van der Waals surface area contributed by atoms with Crippen LogP contribution in [0, 0.1) is 12.7 Å². The van der Waals surface area contributed by atoms with Gasteiger partial charge in [0.05, 0.1) is 5.52 Å². The molecule has 0 aliphatic carbocycles. The standard InChI is InChI=1S/C11H10FNO2/c1-7-5-8-3-2-4-9(12)11(8)13(7)6-10(14)15/h2-5H,6H2,1H3,(H,14,15). The summed E-state index contributed by atoms with van der Waals surface area (Å²) in [5, 5.41) is 9.45. The SMILES string of the molecule is Cc1cc2cccc(F)c2n1CC(=O)O. The molecule has 78 valence electrons. The van der Waals surface area contributed by atoms with Crippen LogP contribution in [-0.2, 0) is 11.3 Å². The number of carboxylic acids is 1. The lowest BCUT2D eigenvalue weighted by Gasteiger charge is -2.04. The molecule has 0 saturated heterocycles. The van der Waals surface area contributed by atoms with Crippen molar-refractivity contribution in [2.45, 2.75) is 13.5 Å². The highest BCUT2D eigenvalue weighted by Gasteiger charge is 2.11. The molecule has 0 amide bonds. The lowest BCUT2D eigenvalue weighted by atomic mass is 10.2. The number of rotatable bonds is 2. The Morgan fingerprint density at radius 2 is 2.27 bits per heavy atom. The molecule has 0 fully saturated rings. The van der Waals surface area contributed by atoms with E-state index in [0.717, 1.165) is 11.1 Å². The van der Waals surface area contributed by atoms with Crippen LogP contribution in [0.4, 0.5) is 4.39 Å². The van der Waals surface area contributed by atoms with Crippen LogP contribution in [0.5, 0.6) is 0 Å². The number of hydrogen-bond donors (Lipinski definition) is 1. The summed E-state index contributed by atoms with van der Waals surface area (Å²) >= 11 is 0. The first-order valence-electron chi connectivity index (χ1n) is 4.56. The van der Waals surface area contributed by atoms with Crippen LogP contribution in [0.2, 0.25) is 0 Å². The van der Waals surface area contributed by atoms with Crippen LogP contribution in [-0.4, -0.2) is 15.6 Å². The number of nitrogens with zero attached hydrogens (tertiary/aromatic N) is 1. The molecule has 0 radical (unpaired) electrons. The van der Waals surface area contributed by atoms with Gasteiger partial charge in [-0.3, -0.25) is 4.79 Å². The second-order valence-corrected chi connectivity index (χ2v) is 3.44. The predicted molar refractivity (Wildman–Crippen MR) is 54.3 cm³/mol. The first-order valence-corrected chi connectivity index (χ1v) is 4.56. The fraction of sp³-hybridized carbons (Fsp3) is 0.182. The van der Waals surface area contributed by atoms with Crippen molar-refractivity contribution in [3.05, 3.63) is 35.8 Å². The maximum atomic E-state index is 13.5. The zero-order valence-corrected chi connectivity index (χ0v) is 8.20. The van der Waals surface area contributed by atoms with Crippen LogP contribution >= 0.6 is 0 Å². The number of benzene rings is 1. The molecule has 1 aromatic heterocycles. The van der Waals surface area contributed by atoms with E-state index in [9.17, 15) is 9.18 Å². The molecule has 0 saturated carbocycles. The molecule has 2 rings (SSSR count). The molecule has 0 atom stereocenters. The van der Waals surface area contributed by atoms with Crippen molar-refractivity contribution in [3.63, 3.8) is 0 Å². The molecule has 1 N–H and O–H groups in total. The normalized spacial score (nSPS) is 10.8. The maximum Gasteiger partial charge on any atom is 0.323 e. The topological polar surface area (TPSA) is 42.2 Å². The average Bonchev–Trinajstić information content (AvgIpc) is 2.43. The van der Waals surface area contributed by atoms with Crippen molar-refractivity contribution in [1.29, 1.82) is 0 Å². The summed E-state index contributed by atoms with van der Waals surface area (Å²) in [7, 11) is 0. The van der Waals surface area contributed by atoms with E-state index in [-0.39, 0.29) is 12.4 Å². The number of aryl methyl sites for hydroxylation is 1. The minimum absolute atomic E-state index is 0.212. The van der Waals surface area contributed by atoms with Crippen molar-refractivity contribution in [3.8, 4) is 0 Å². The lowest BCUT2D eigenvalue weighted by molar-refractivity contribution is -0.137. The molecule has 0 spiro atoms. The number of para-hydroxylation sites is 1. The van der Waals surface area contributed by atoms with Gasteiger partial charge in [-0.1, -0.05) is 12.1 Å². The molecule has 0 bridgehead atoms. The van der Waals surface area contributed by atoms with Gasteiger partial charge in [0.1, 0.15) is 12.4 Å². The monoisotopic (exact) mass is 207 g/mol. The summed E-state index contributed by atoms with van der Waals surface area (Å²) in [5.74, 6) is -1.36. The first kappa shape index (κ1) is 9.71. The van der Waals surface area contributed by atoms with Crippen molar-refractivity contribution < 1.29 is 14.3 Å². The summed E-state index contributed by atoms with van der Waals surface area (Å²) in [6.07, 6.45) is 0. The largest absolute Gasteiger partial charge is 0.480 e. The maximum absolute atomic E-state index is 13.5. The zero-order chi connectivity index (χ0) is 11.0. The van der Waals surface area contributed by atoms with Crippen LogP contribution < -0.4 is 0 Å². The fourth-order valence-electron chi connectivity index (χ4n) is 1.75. The smallest absolute Gasteiger partial charge is 0.323 e. The second-order valence-electron chi connectivity index (χ2n) is 3.44. The van der Waals surface area contributed by atoms with Crippen molar-refractivity contribution in [2.24, 2.45) is 0 Å². The third kappa shape index (κ3) is 1.58. The Bertz CT molecular complexity index is 531. The van der Waals surface area contributed by atoms with Gasteiger partial charge >= 0.3 is 5.97 Å². The third-order valence-corrected chi connectivity index (χ3v) is 2.37. The van der Waals surface area contributed by atoms with E-state index in [1.54, 1.807) is 25.1 Å². The number of halogens is 1. The van der Waals surface area contributed by atoms with Gasteiger partial charge in [0.25, 0.3) is 0 Å². The molecule has 15 heavy (non-hydrogen) atoms. The van der Waals surface area contributed by atoms with Crippen LogP contribution in [0.3, 0.4) is 0 Å². The van der Waals surface area contributed by atoms with E-state index in [1.807, 2.05) is 0 Å². The highest BCUT2D eigenvalue weighted by atomic mass is 19.1. The molecular formula is C11H10FNO2. The molecule has 0 aliphatic heterocycles. The van der Waals surface area contributed by atoms with E-state index < -0.39 is 5.97 Å². The Balaban J connectivity index is 2.71. The van der Waals surface area contributed by atoms with Gasteiger partial charge in [-0.05, 0) is 19.1 Å². The lowest BCUT2D eigenvalue weighted by Crippen LogP contribution is -2.10. The third-order valence-electron chi connectivity index (χ3n) is 2.37. The highest BCUT2D eigenvalue weighted by molar-refractivity contribution is 5.83. The van der Waals surface area contributed by atoms with E-state index in [1.165, 1.54) is 10.6 Å². The summed E-state index contributed by atoms with van der Waals surface area (Å²) in [5.41, 5.74) is 1.11. The number of hydrogen-bond acceptors (Lipinski definition) is 1. The van der Waals surface area contributed by atoms with Gasteiger partial charge in [-0.2, -0.15) is 0 Å². The molecule has 1 heterocycles. The van der Waals surface area contributed by atoms with Gasteiger partial charge < -0.3 is 9.67 Å². The summed E-state index contributed by atoms with van der Waals surface area (Å²) < 4.78 is 15.0. The Kier molecular flexibility index (Phi) is 2.19. The highest BCUT2D eigenvalue weighted by Crippen LogP contribution is 2.22. The minimum atomic E-state index is -0.973. The summed E-state index contributed by atoms with van der Waals surface area (Å²) in [6, 6.07) is 6.49. The Hall–Kier alpha value is -1.84. The Morgan fingerprint density at radius 1 is 1.53 bits per heavy atom. The van der Waals surface area contributed by atoms with Crippen molar-refractivity contribution >= 4 is 16.9 Å². The van der Waals surface area contributed by atoms with E-state index in [2.05, 4.69) is 0 Å². The van der Waals surface area contributed by atoms with Gasteiger partial charge in [0, 0.05) is 11.1 Å². The second kappa shape index (κ2) is 3.38. The molecule has 2 aromatic rings. The Labute approximate surface area is 85.7 Å². The molecule has 1 aromatic carbocycles. The van der Waals surface area contributed by atoms with Crippen molar-refractivity contribution in [2.75, 3.05) is 0 Å². The fourth-order valence-corrected chi connectivity index (χ4v) is 1.75. The number of aliphatic carboxylic acids is 1. The minimum Gasteiger partial charge on any atom is -0.480 e. The van der Waals surface area contributed by atoms with E-state index in [0.29, 0.717) is 5.52 Å². The van der Waals surface area contributed by atoms with Crippen LogP contribution in [0.25, 0.3) is 10.9 Å². The summed E-state index contributed by atoms with van der Waals surface area (Å²) in [4.78, 5) is 10.6. The number of aromatic nitrogens is 1. The molecule has 0 unspecified atom stereocenters. The molecule has 3 nitrogen and oxygen atoms in total. The molecule has 4 heteroatoms. The summed E-state index contributed by atoms with van der Waals surface area (Å²) in [6.45, 7) is 1.55. The van der Waals surface area contributed by atoms with Crippen LogP contribution in [0.15, 0.2) is 24.3 Å². The van der Waals surface area contributed by atoms with Gasteiger partial charge in [0.15, 0.2) is 0 Å².